The first-order valence-corrected chi connectivity index (χ1v) is 9.18. The highest BCUT2D eigenvalue weighted by Crippen LogP contribution is 2.24. The Kier molecular flexibility index (Phi) is 5.94. The van der Waals surface area contributed by atoms with E-state index in [0.29, 0.717) is 4.31 Å². The lowest BCUT2D eigenvalue weighted by molar-refractivity contribution is -0.274. The summed E-state index contributed by atoms with van der Waals surface area (Å²) in [6.07, 6.45) is -3.99. The highest BCUT2D eigenvalue weighted by Gasteiger charge is 2.31. The summed E-state index contributed by atoms with van der Waals surface area (Å²) < 4.78 is 77.9. The van der Waals surface area contributed by atoms with Crippen LogP contribution < -0.4 is 14.4 Å². The number of amides is 1. The lowest BCUT2D eigenvalue weighted by Crippen LogP contribution is -2.37. The van der Waals surface area contributed by atoms with E-state index < -0.39 is 40.4 Å². The van der Waals surface area contributed by atoms with Crippen molar-refractivity contribution in [1.29, 1.82) is 0 Å². The molecule has 0 spiro atoms. The van der Waals surface area contributed by atoms with Gasteiger partial charge in [-0.15, -0.1) is 13.2 Å². The average molecular weight is 406 g/mol. The Morgan fingerprint density at radius 3 is 2.30 bits per heavy atom. The summed E-state index contributed by atoms with van der Waals surface area (Å²) in [5.41, 5.74) is 0.0868. The maximum absolute atomic E-state index is 13.3. The quantitative estimate of drug-likeness (QED) is 0.748. The topological polar surface area (TPSA) is 75.7 Å². The average Bonchev–Trinajstić information content (AvgIpc) is 2.52. The van der Waals surface area contributed by atoms with Gasteiger partial charge in [-0.2, -0.15) is 0 Å². The molecule has 0 bridgehead atoms. The molecule has 2 rings (SSSR count). The number of alkyl halides is 3. The molecule has 0 heterocycles. The molecular formula is C16H14F4N2O4S. The number of benzene rings is 2. The predicted molar refractivity (Wildman–Crippen MR) is 90.3 cm³/mol. The summed E-state index contributed by atoms with van der Waals surface area (Å²) in [5, 5.41) is 2.34. The second kappa shape index (κ2) is 7.82. The minimum atomic E-state index is -4.84. The second-order valence-electron chi connectivity index (χ2n) is 5.37. The van der Waals surface area contributed by atoms with Crippen molar-refractivity contribution >= 4 is 27.3 Å². The number of rotatable bonds is 6. The number of nitrogens with one attached hydrogen (secondary N) is 1. The van der Waals surface area contributed by atoms with Gasteiger partial charge in [-0.05, 0) is 42.5 Å². The lowest BCUT2D eigenvalue weighted by atomic mass is 10.3. The Hall–Kier alpha value is -2.82. The maximum Gasteiger partial charge on any atom is 0.573 e. The predicted octanol–water partition coefficient (Wildman–Crippen LogP) is 3.13. The zero-order valence-corrected chi connectivity index (χ0v) is 14.6. The molecule has 1 amide bonds. The van der Waals surface area contributed by atoms with Gasteiger partial charge in [0.25, 0.3) is 0 Å². The van der Waals surface area contributed by atoms with Crippen molar-refractivity contribution in [2.24, 2.45) is 0 Å². The van der Waals surface area contributed by atoms with Crippen LogP contribution in [0.15, 0.2) is 48.5 Å². The molecule has 1 N–H and O–H groups in total. The van der Waals surface area contributed by atoms with E-state index in [1.54, 1.807) is 0 Å². The van der Waals surface area contributed by atoms with Crippen LogP contribution in [0.3, 0.4) is 0 Å². The summed E-state index contributed by atoms with van der Waals surface area (Å²) in [4.78, 5) is 12.1. The second-order valence-corrected chi connectivity index (χ2v) is 7.28. The van der Waals surface area contributed by atoms with Crippen LogP contribution in [0.25, 0.3) is 0 Å². The molecule has 0 aromatic heterocycles. The van der Waals surface area contributed by atoms with Gasteiger partial charge in [-0.3, -0.25) is 9.10 Å². The first-order chi connectivity index (χ1) is 12.4. The summed E-state index contributed by atoms with van der Waals surface area (Å²) in [7, 11) is -3.89. The molecule has 0 aliphatic rings. The summed E-state index contributed by atoms with van der Waals surface area (Å²) in [5.74, 6) is -1.92. The molecule has 6 nitrogen and oxygen atoms in total. The fourth-order valence-electron chi connectivity index (χ4n) is 2.10. The first-order valence-electron chi connectivity index (χ1n) is 7.33. The molecule has 146 valence electrons. The van der Waals surface area contributed by atoms with Gasteiger partial charge in [-0.25, -0.2) is 12.8 Å². The highest BCUT2D eigenvalue weighted by molar-refractivity contribution is 7.92. The Morgan fingerprint density at radius 2 is 1.78 bits per heavy atom. The Labute approximate surface area is 152 Å². The van der Waals surface area contributed by atoms with Gasteiger partial charge in [0.2, 0.25) is 15.9 Å². The molecule has 0 aliphatic carbocycles. The molecule has 0 fully saturated rings. The Balaban J connectivity index is 2.10. The number of sulfonamides is 1. The molecule has 0 aliphatic heterocycles. The van der Waals surface area contributed by atoms with E-state index in [4.69, 9.17) is 0 Å². The van der Waals surface area contributed by atoms with E-state index in [0.717, 1.165) is 42.7 Å². The van der Waals surface area contributed by atoms with Gasteiger partial charge in [0.1, 0.15) is 18.1 Å². The van der Waals surface area contributed by atoms with Crippen LogP contribution in [0.5, 0.6) is 5.75 Å². The summed E-state index contributed by atoms with van der Waals surface area (Å²) >= 11 is 0. The van der Waals surface area contributed by atoms with Crippen LogP contribution in [0.4, 0.5) is 28.9 Å². The van der Waals surface area contributed by atoms with Gasteiger partial charge in [0.05, 0.1) is 11.9 Å². The van der Waals surface area contributed by atoms with Gasteiger partial charge in [-0.1, -0.05) is 6.07 Å². The standard InChI is InChI=1S/C16H14F4N2O4S/c1-27(24,25)22(13-4-2-3-11(17)9-13)10-15(23)21-12-5-7-14(8-6-12)26-16(18,19)20/h2-9H,10H2,1H3,(H,21,23). The van der Waals surface area contributed by atoms with Crippen molar-refractivity contribution in [3.05, 3.63) is 54.3 Å². The monoisotopic (exact) mass is 406 g/mol. The van der Waals surface area contributed by atoms with Gasteiger partial charge < -0.3 is 10.1 Å². The van der Waals surface area contributed by atoms with E-state index in [2.05, 4.69) is 10.1 Å². The molecule has 0 unspecified atom stereocenters. The minimum absolute atomic E-state index is 0.0402. The maximum atomic E-state index is 13.3. The van der Waals surface area contributed by atoms with Crippen LogP contribution in [0.2, 0.25) is 0 Å². The van der Waals surface area contributed by atoms with Crippen LogP contribution in [0.1, 0.15) is 0 Å². The van der Waals surface area contributed by atoms with Crippen molar-refractivity contribution in [3.8, 4) is 5.75 Å². The highest BCUT2D eigenvalue weighted by atomic mass is 32.2. The van der Waals surface area contributed by atoms with Crippen molar-refractivity contribution in [2.75, 3.05) is 22.4 Å². The molecule has 11 heteroatoms. The van der Waals surface area contributed by atoms with Crippen LogP contribution in [-0.2, 0) is 14.8 Å². The molecule has 2 aromatic rings. The van der Waals surface area contributed by atoms with Crippen LogP contribution in [-0.4, -0.2) is 33.5 Å². The van der Waals surface area contributed by atoms with E-state index in [1.807, 2.05) is 0 Å². The van der Waals surface area contributed by atoms with Crippen LogP contribution in [0, 0.1) is 5.82 Å². The third-order valence-electron chi connectivity index (χ3n) is 3.16. The van der Waals surface area contributed by atoms with E-state index in [-0.39, 0.29) is 11.4 Å². The van der Waals surface area contributed by atoms with E-state index >= 15 is 0 Å². The van der Waals surface area contributed by atoms with Crippen molar-refractivity contribution < 1.29 is 35.5 Å². The van der Waals surface area contributed by atoms with Gasteiger partial charge >= 0.3 is 6.36 Å². The number of carbonyl (C=O) groups is 1. The van der Waals surface area contributed by atoms with Crippen molar-refractivity contribution in [1.82, 2.24) is 0 Å². The molecule has 2 aromatic carbocycles. The number of ether oxygens (including phenoxy) is 1. The minimum Gasteiger partial charge on any atom is -0.406 e. The largest absolute Gasteiger partial charge is 0.573 e. The molecule has 0 atom stereocenters. The number of anilines is 2. The van der Waals surface area contributed by atoms with Crippen molar-refractivity contribution in [2.45, 2.75) is 6.36 Å². The first kappa shape index (κ1) is 20.5. The zero-order chi connectivity index (χ0) is 20.2. The zero-order valence-electron chi connectivity index (χ0n) is 13.8. The Bertz CT molecular complexity index is 915. The third-order valence-corrected chi connectivity index (χ3v) is 4.30. The van der Waals surface area contributed by atoms with Crippen molar-refractivity contribution in [3.63, 3.8) is 0 Å². The molecule has 0 saturated heterocycles. The van der Waals surface area contributed by atoms with E-state index in [9.17, 15) is 30.8 Å². The molecule has 27 heavy (non-hydrogen) atoms. The fraction of sp³-hybridized carbons (Fsp3) is 0.188. The SMILES string of the molecule is CS(=O)(=O)N(CC(=O)Nc1ccc(OC(F)(F)F)cc1)c1cccc(F)c1. The van der Waals surface area contributed by atoms with Gasteiger partial charge in [0.15, 0.2) is 0 Å². The summed E-state index contributed by atoms with van der Waals surface area (Å²) in [6.45, 7) is -0.650. The van der Waals surface area contributed by atoms with Crippen LogP contribution >= 0.6 is 0 Å². The number of halogens is 4. The smallest absolute Gasteiger partial charge is 0.406 e. The number of hydrogen-bond donors (Lipinski definition) is 1. The molecular weight excluding hydrogens is 392 g/mol. The van der Waals surface area contributed by atoms with Gasteiger partial charge in [0, 0.05) is 5.69 Å². The number of carbonyl (C=O) groups excluding carboxylic acids is 1. The molecule has 0 saturated carbocycles. The van der Waals surface area contributed by atoms with E-state index in [1.165, 1.54) is 12.1 Å². The Morgan fingerprint density at radius 1 is 1.15 bits per heavy atom. The normalized spacial score (nSPS) is 11.7. The number of nitrogens with zero attached hydrogens (tertiary/aromatic N) is 1. The summed E-state index contributed by atoms with van der Waals surface area (Å²) in [6, 6.07) is 8.99. The lowest BCUT2D eigenvalue weighted by Gasteiger charge is -2.22. The fourth-order valence-corrected chi connectivity index (χ4v) is 2.95. The number of hydrogen-bond acceptors (Lipinski definition) is 4. The third kappa shape index (κ3) is 6.44. The molecule has 0 radical (unpaired) electrons.